The lowest BCUT2D eigenvalue weighted by atomic mass is 10.1. The highest BCUT2D eigenvalue weighted by Gasteiger charge is 2.27. The smallest absolute Gasteiger partial charge is 0.235 e. The molecule has 0 spiro atoms. The van der Waals surface area contributed by atoms with E-state index in [-0.39, 0.29) is 17.9 Å². The van der Waals surface area contributed by atoms with Crippen LogP contribution in [0.5, 0.6) is 0 Å². The van der Waals surface area contributed by atoms with Crippen LogP contribution in [0.3, 0.4) is 0 Å². The molecule has 24 heavy (non-hydrogen) atoms. The van der Waals surface area contributed by atoms with Crippen molar-refractivity contribution >= 4 is 37.1 Å². The van der Waals surface area contributed by atoms with Gasteiger partial charge in [-0.25, -0.2) is 16.8 Å². The molecule has 0 saturated carbocycles. The molecule has 1 heterocycles. The summed E-state index contributed by atoms with van der Waals surface area (Å²) in [6.45, 7) is 2.24. The van der Waals surface area contributed by atoms with Crippen LogP contribution < -0.4 is 9.62 Å². The zero-order valence-corrected chi connectivity index (χ0v) is 15.4. The second kappa shape index (κ2) is 7.10. The van der Waals surface area contributed by atoms with E-state index in [1.807, 2.05) is 6.92 Å². The Balaban J connectivity index is 2.18. The quantitative estimate of drug-likeness (QED) is 0.837. The molecule has 1 aliphatic rings. The van der Waals surface area contributed by atoms with Crippen molar-refractivity contribution in [2.75, 3.05) is 33.9 Å². The number of benzene rings is 1. The third kappa shape index (κ3) is 4.94. The summed E-state index contributed by atoms with van der Waals surface area (Å²) in [7, 11) is -6.54. The summed E-state index contributed by atoms with van der Waals surface area (Å²) in [6, 6.07) is 5.04. The van der Waals surface area contributed by atoms with Gasteiger partial charge in [0.2, 0.25) is 15.9 Å². The third-order valence-electron chi connectivity index (χ3n) is 3.81. The van der Waals surface area contributed by atoms with Gasteiger partial charge in [-0.15, -0.1) is 0 Å². The van der Waals surface area contributed by atoms with Gasteiger partial charge < -0.3 is 5.32 Å². The fourth-order valence-electron chi connectivity index (χ4n) is 2.52. The highest BCUT2D eigenvalue weighted by molar-refractivity contribution is 7.92. The Hall–Kier alpha value is -1.61. The van der Waals surface area contributed by atoms with Crippen molar-refractivity contribution in [3.63, 3.8) is 0 Å². The van der Waals surface area contributed by atoms with Gasteiger partial charge in [-0.1, -0.05) is 6.07 Å². The van der Waals surface area contributed by atoms with Gasteiger partial charge in [0, 0.05) is 24.9 Å². The Morgan fingerprint density at radius 3 is 2.62 bits per heavy atom. The molecular formula is C15H22N2O5S2. The summed E-state index contributed by atoms with van der Waals surface area (Å²) in [5, 5.41) is 2.62. The maximum Gasteiger partial charge on any atom is 0.235 e. The monoisotopic (exact) mass is 374 g/mol. The number of amides is 1. The zero-order valence-electron chi connectivity index (χ0n) is 13.8. The van der Waals surface area contributed by atoms with Gasteiger partial charge in [0.1, 0.15) is 9.84 Å². The van der Waals surface area contributed by atoms with Crippen molar-refractivity contribution in [3.05, 3.63) is 23.8 Å². The van der Waals surface area contributed by atoms with E-state index >= 15 is 0 Å². The Morgan fingerprint density at radius 2 is 2.00 bits per heavy atom. The first-order valence-electron chi connectivity index (χ1n) is 7.67. The summed E-state index contributed by atoms with van der Waals surface area (Å²) in [4.78, 5) is 11.9. The maximum absolute atomic E-state index is 12.3. The fraction of sp³-hybridized carbons (Fsp3) is 0.533. The predicted molar refractivity (Wildman–Crippen MR) is 94.5 cm³/mol. The highest BCUT2D eigenvalue weighted by Crippen LogP contribution is 2.29. The van der Waals surface area contributed by atoms with Gasteiger partial charge in [-0.2, -0.15) is 0 Å². The molecule has 0 unspecified atom stereocenters. The molecule has 0 aliphatic carbocycles. The molecule has 9 heteroatoms. The molecule has 7 nitrogen and oxygen atoms in total. The molecule has 0 atom stereocenters. The molecule has 0 aromatic heterocycles. The van der Waals surface area contributed by atoms with Crippen LogP contribution in [-0.4, -0.2) is 47.0 Å². The van der Waals surface area contributed by atoms with Gasteiger partial charge >= 0.3 is 0 Å². The summed E-state index contributed by atoms with van der Waals surface area (Å²) in [6.07, 6.45) is 2.39. The first-order chi connectivity index (χ1) is 11.1. The number of nitrogens with zero attached hydrogens (tertiary/aromatic N) is 1. The SMILES string of the molecule is Cc1ccc(NC(=O)CCS(C)(=O)=O)cc1N1CCCCS1(=O)=O. The molecule has 0 bridgehead atoms. The van der Waals surface area contributed by atoms with Crippen molar-refractivity contribution in [3.8, 4) is 0 Å². The zero-order chi connectivity index (χ0) is 18.0. The number of carbonyl (C=O) groups is 1. The molecule has 1 aromatic rings. The number of sulfonamides is 1. The van der Waals surface area contributed by atoms with Crippen molar-refractivity contribution < 1.29 is 21.6 Å². The minimum Gasteiger partial charge on any atom is -0.326 e. The molecular weight excluding hydrogens is 352 g/mol. The Morgan fingerprint density at radius 1 is 1.29 bits per heavy atom. The summed E-state index contributed by atoms with van der Waals surface area (Å²) in [5.41, 5.74) is 1.81. The van der Waals surface area contributed by atoms with E-state index in [0.717, 1.165) is 18.2 Å². The summed E-state index contributed by atoms with van der Waals surface area (Å²) < 4.78 is 48.1. The fourth-order valence-corrected chi connectivity index (χ4v) is 4.77. The third-order valence-corrected chi connectivity index (χ3v) is 6.61. The van der Waals surface area contributed by atoms with E-state index in [4.69, 9.17) is 0 Å². The highest BCUT2D eigenvalue weighted by atomic mass is 32.2. The van der Waals surface area contributed by atoms with E-state index in [9.17, 15) is 21.6 Å². The second-order valence-electron chi connectivity index (χ2n) is 6.02. The number of carbonyl (C=O) groups excluding carboxylic acids is 1. The first-order valence-corrected chi connectivity index (χ1v) is 11.3. The van der Waals surface area contributed by atoms with Crippen LogP contribution in [-0.2, 0) is 24.7 Å². The second-order valence-corrected chi connectivity index (χ2v) is 10.3. The summed E-state index contributed by atoms with van der Waals surface area (Å²) >= 11 is 0. The van der Waals surface area contributed by atoms with Crippen LogP contribution in [0.2, 0.25) is 0 Å². The Bertz CT molecular complexity index is 831. The van der Waals surface area contributed by atoms with Crippen LogP contribution >= 0.6 is 0 Å². The van der Waals surface area contributed by atoms with Crippen LogP contribution in [0, 0.1) is 6.92 Å². The van der Waals surface area contributed by atoms with E-state index in [1.165, 1.54) is 4.31 Å². The van der Waals surface area contributed by atoms with E-state index in [0.29, 0.717) is 24.3 Å². The normalized spacial score (nSPS) is 17.5. The average molecular weight is 374 g/mol. The van der Waals surface area contributed by atoms with E-state index in [1.54, 1.807) is 18.2 Å². The number of sulfone groups is 1. The molecule has 2 rings (SSSR count). The van der Waals surface area contributed by atoms with Gasteiger partial charge in [-0.3, -0.25) is 9.10 Å². The molecule has 1 saturated heterocycles. The molecule has 0 radical (unpaired) electrons. The average Bonchev–Trinajstić information content (AvgIpc) is 2.46. The van der Waals surface area contributed by atoms with Crippen LogP contribution in [0.25, 0.3) is 0 Å². The molecule has 1 fully saturated rings. The predicted octanol–water partition coefficient (Wildman–Crippen LogP) is 1.30. The van der Waals surface area contributed by atoms with Gasteiger partial charge in [0.25, 0.3) is 0 Å². The first kappa shape index (κ1) is 18.7. The van der Waals surface area contributed by atoms with Crippen molar-refractivity contribution in [1.82, 2.24) is 0 Å². The van der Waals surface area contributed by atoms with Crippen LogP contribution in [0.4, 0.5) is 11.4 Å². The minimum absolute atomic E-state index is 0.122. The molecule has 134 valence electrons. The number of rotatable bonds is 5. The molecule has 1 aromatic carbocycles. The number of hydrogen-bond donors (Lipinski definition) is 1. The van der Waals surface area contributed by atoms with Crippen LogP contribution in [0.1, 0.15) is 24.8 Å². The molecule has 1 N–H and O–H groups in total. The van der Waals surface area contributed by atoms with Crippen LogP contribution in [0.15, 0.2) is 18.2 Å². The molecule has 1 aliphatic heterocycles. The number of nitrogens with one attached hydrogen (secondary N) is 1. The lowest BCUT2D eigenvalue weighted by molar-refractivity contribution is -0.115. The maximum atomic E-state index is 12.3. The lowest BCUT2D eigenvalue weighted by Gasteiger charge is -2.29. The Labute approximate surface area is 143 Å². The lowest BCUT2D eigenvalue weighted by Crippen LogP contribution is -2.38. The van der Waals surface area contributed by atoms with Gasteiger partial charge in [0.05, 0.1) is 17.2 Å². The Kier molecular flexibility index (Phi) is 5.54. The van der Waals surface area contributed by atoms with Crippen molar-refractivity contribution in [2.45, 2.75) is 26.2 Å². The standard InChI is InChI=1S/C15H22N2O5S2/c1-12-5-6-13(16-15(18)7-10-23(2,19)20)11-14(12)17-8-3-4-9-24(17,21)22/h5-6,11H,3-4,7-10H2,1-2H3,(H,16,18). The van der Waals surface area contributed by atoms with Crippen molar-refractivity contribution in [1.29, 1.82) is 0 Å². The number of aryl methyl sites for hydroxylation is 1. The number of anilines is 2. The topological polar surface area (TPSA) is 101 Å². The largest absolute Gasteiger partial charge is 0.326 e. The summed E-state index contributed by atoms with van der Waals surface area (Å²) in [5.74, 6) is -0.521. The van der Waals surface area contributed by atoms with E-state index in [2.05, 4.69) is 5.32 Å². The minimum atomic E-state index is -3.33. The van der Waals surface area contributed by atoms with Gasteiger partial charge in [-0.05, 0) is 37.5 Å². The molecule has 1 amide bonds. The van der Waals surface area contributed by atoms with E-state index < -0.39 is 25.8 Å². The van der Waals surface area contributed by atoms with Gasteiger partial charge in [0.15, 0.2) is 0 Å². The number of hydrogen-bond acceptors (Lipinski definition) is 5. The van der Waals surface area contributed by atoms with Crippen molar-refractivity contribution in [2.24, 2.45) is 0 Å².